The van der Waals surface area contributed by atoms with Crippen LogP contribution in [0.5, 0.6) is 0 Å². The van der Waals surface area contributed by atoms with Crippen molar-refractivity contribution >= 4 is 28.1 Å². The van der Waals surface area contributed by atoms with Gasteiger partial charge in [0.1, 0.15) is 0 Å². The van der Waals surface area contributed by atoms with Gasteiger partial charge in [-0.2, -0.15) is 5.26 Å². The van der Waals surface area contributed by atoms with Crippen molar-refractivity contribution in [1.82, 2.24) is 9.88 Å². The fourth-order valence-corrected chi connectivity index (χ4v) is 5.32. The summed E-state index contributed by atoms with van der Waals surface area (Å²) in [5.41, 5.74) is 5.20. The SMILES string of the molecule is CC(=O)N(c1ccc(C)c(C)c1)c1nc(CN2CCC[C@H]2[C@@H](C#N)c2ccccc2)cs1. The minimum atomic E-state index is -0.152. The number of anilines is 2. The molecule has 32 heavy (non-hydrogen) atoms. The van der Waals surface area contributed by atoms with Gasteiger partial charge in [0.2, 0.25) is 5.91 Å². The van der Waals surface area contributed by atoms with Gasteiger partial charge in [-0.3, -0.25) is 14.6 Å². The molecule has 5 nitrogen and oxygen atoms in total. The first-order valence-electron chi connectivity index (χ1n) is 11.0. The molecule has 2 heterocycles. The first-order chi connectivity index (χ1) is 15.5. The summed E-state index contributed by atoms with van der Waals surface area (Å²) < 4.78 is 0. The second-order valence-electron chi connectivity index (χ2n) is 8.44. The zero-order valence-electron chi connectivity index (χ0n) is 18.8. The molecule has 0 saturated carbocycles. The van der Waals surface area contributed by atoms with Gasteiger partial charge in [0.15, 0.2) is 5.13 Å². The molecule has 0 aliphatic carbocycles. The first kappa shape index (κ1) is 22.2. The van der Waals surface area contributed by atoms with Crippen LogP contribution >= 0.6 is 11.3 Å². The molecule has 1 aliphatic heterocycles. The molecular weight excluding hydrogens is 416 g/mol. The number of nitrogens with zero attached hydrogens (tertiary/aromatic N) is 4. The average molecular weight is 445 g/mol. The minimum absolute atomic E-state index is 0.0539. The van der Waals surface area contributed by atoms with E-state index in [0.29, 0.717) is 11.7 Å². The maximum atomic E-state index is 12.5. The van der Waals surface area contributed by atoms with E-state index in [-0.39, 0.29) is 17.9 Å². The highest BCUT2D eigenvalue weighted by Gasteiger charge is 2.33. The summed E-state index contributed by atoms with van der Waals surface area (Å²) in [6, 6.07) is 18.8. The zero-order chi connectivity index (χ0) is 22.7. The molecule has 4 rings (SSSR count). The smallest absolute Gasteiger partial charge is 0.230 e. The lowest BCUT2D eigenvalue weighted by molar-refractivity contribution is -0.115. The summed E-state index contributed by atoms with van der Waals surface area (Å²) >= 11 is 1.49. The molecule has 1 aliphatic rings. The lowest BCUT2D eigenvalue weighted by atomic mass is 9.91. The highest BCUT2D eigenvalue weighted by molar-refractivity contribution is 7.14. The lowest BCUT2D eigenvalue weighted by Crippen LogP contribution is -2.33. The molecule has 1 amide bonds. The van der Waals surface area contributed by atoms with Crippen LogP contribution in [0.15, 0.2) is 53.9 Å². The number of hydrogen-bond acceptors (Lipinski definition) is 5. The van der Waals surface area contributed by atoms with Crippen molar-refractivity contribution in [3.05, 3.63) is 76.3 Å². The molecule has 0 radical (unpaired) electrons. The third kappa shape index (κ3) is 4.59. The number of amides is 1. The van der Waals surface area contributed by atoms with Crippen molar-refractivity contribution in [2.75, 3.05) is 11.4 Å². The van der Waals surface area contributed by atoms with E-state index in [1.807, 2.05) is 53.9 Å². The molecule has 0 bridgehead atoms. The highest BCUT2D eigenvalue weighted by Crippen LogP contribution is 2.34. The van der Waals surface area contributed by atoms with Crippen LogP contribution in [-0.2, 0) is 11.3 Å². The molecule has 0 unspecified atom stereocenters. The molecule has 6 heteroatoms. The molecule has 164 valence electrons. The van der Waals surface area contributed by atoms with Crippen molar-refractivity contribution in [2.24, 2.45) is 0 Å². The van der Waals surface area contributed by atoms with Crippen LogP contribution in [0.2, 0.25) is 0 Å². The Labute approximate surface area is 193 Å². The Bertz CT molecular complexity index is 1130. The molecular formula is C26H28N4OS. The Balaban J connectivity index is 1.54. The number of carbonyl (C=O) groups excluding carboxylic acids is 1. The predicted octanol–water partition coefficient (Wildman–Crippen LogP) is 5.72. The standard InChI is InChI=1S/C26H28N4OS/c1-18-11-12-23(14-19(18)2)30(20(3)31)26-28-22(17-32-26)16-29-13-7-10-25(29)24(15-27)21-8-5-4-6-9-21/h4-6,8-9,11-12,14,17,24-25H,7,10,13,16H2,1-3H3/t24-,25-/m0/s1. The number of carbonyl (C=O) groups is 1. The highest BCUT2D eigenvalue weighted by atomic mass is 32.1. The second kappa shape index (κ2) is 9.64. The van der Waals surface area contributed by atoms with Crippen molar-refractivity contribution in [3.63, 3.8) is 0 Å². The monoisotopic (exact) mass is 444 g/mol. The molecule has 0 spiro atoms. The summed E-state index contributed by atoms with van der Waals surface area (Å²) in [5, 5.41) is 12.6. The predicted molar refractivity (Wildman–Crippen MR) is 129 cm³/mol. The van der Waals surface area contributed by atoms with Crippen molar-refractivity contribution in [2.45, 2.75) is 52.1 Å². The molecule has 1 saturated heterocycles. The molecule has 2 atom stereocenters. The fourth-order valence-electron chi connectivity index (χ4n) is 4.44. The van der Waals surface area contributed by atoms with Gasteiger partial charge in [0, 0.05) is 24.9 Å². The molecule has 0 N–H and O–H groups in total. The first-order valence-corrected chi connectivity index (χ1v) is 11.9. The van der Waals surface area contributed by atoms with Gasteiger partial charge in [-0.15, -0.1) is 11.3 Å². The maximum Gasteiger partial charge on any atom is 0.230 e. The number of aromatic nitrogens is 1. The van der Waals surface area contributed by atoms with E-state index in [1.165, 1.54) is 16.9 Å². The summed E-state index contributed by atoms with van der Waals surface area (Å²) in [7, 11) is 0. The Hall–Kier alpha value is -3.01. The van der Waals surface area contributed by atoms with E-state index in [9.17, 15) is 10.1 Å². The Morgan fingerprint density at radius 1 is 1.25 bits per heavy atom. The normalized spacial score (nSPS) is 17.1. The summed E-state index contributed by atoms with van der Waals surface area (Å²) in [6.07, 6.45) is 2.08. The van der Waals surface area contributed by atoms with E-state index >= 15 is 0 Å². The van der Waals surface area contributed by atoms with Crippen LogP contribution in [-0.4, -0.2) is 28.4 Å². The number of aryl methyl sites for hydroxylation is 2. The summed E-state index contributed by atoms with van der Waals surface area (Å²) in [6.45, 7) is 7.33. The van der Waals surface area contributed by atoms with Crippen LogP contribution in [0, 0.1) is 25.2 Å². The third-order valence-electron chi connectivity index (χ3n) is 6.26. The van der Waals surface area contributed by atoms with Crippen LogP contribution in [0.1, 0.15) is 48.1 Å². The number of hydrogen-bond donors (Lipinski definition) is 0. The van der Waals surface area contributed by atoms with Gasteiger partial charge in [-0.1, -0.05) is 36.4 Å². The van der Waals surface area contributed by atoms with Crippen LogP contribution in [0.4, 0.5) is 10.8 Å². The van der Waals surface area contributed by atoms with Gasteiger partial charge < -0.3 is 0 Å². The van der Waals surface area contributed by atoms with Gasteiger partial charge in [0.25, 0.3) is 0 Å². The van der Waals surface area contributed by atoms with E-state index in [2.05, 4.69) is 24.8 Å². The largest absolute Gasteiger partial charge is 0.293 e. The zero-order valence-corrected chi connectivity index (χ0v) is 19.6. The molecule has 3 aromatic rings. The van der Waals surface area contributed by atoms with Gasteiger partial charge in [-0.05, 0) is 62.1 Å². The topological polar surface area (TPSA) is 60.2 Å². The quantitative estimate of drug-likeness (QED) is 0.488. The average Bonchev–Trinajstić information content (AvgIpc) is 3.42. The number of rotatable bonds is 6. The summed E-state index contributed by atoms with van der Waals surface area (Å²) in [5.74, 6) is -0.206. The number of likely N-dealkylation sites (tertiary alicyclic amines) is 1. The number of nitriles is 1. The van der Waals surface area contributed by atoms with E-state index < -0.39 is 0 Å². The van der Waals surface area contributed by atoms with Crippen LogP contribution in [0.25, 0.3) is 0 Å². The second-order valence-corrected chi connectivity index (χ2v) is 9.28. The van der Waals surface area contributed by atoms with E-state index in [1.54, 1.807) is 11.8 Å². The Morgan fingerprint density at radius 3 is 2.72 bits per heavy atom. The Kier molecular flexibility index (Phi) is 6.69. The third-order valence-corrected chi connectivity index (χ3v) is 7.13. The van der Waals surface area contributed by atoms with Gasteiger partial charge in [-0.25, -0.2) is 4.98 Å². The lowest BCUT2D eigenvalue weighted by Gasteiger charge is -2.27. The molecule has 1 fully saturated rings. The molecule has 1 aromatic heterocycles. The van der Waals surface area contributed by atoms with Gasteiger partial charge >= 0.3 is 0 Å². The van der Waals surface area contributed by atoms with E-state index in [4.69, 9.17) is 4.98 Å². The van der Waals surface area contributed by atoms with Crippen LogP contribution in [0.3, 0.4) is 0 Å². The molecule has 2 aromatic carbocycles. The van der Waals surface area contributed by atoms with Crippen molar-refractivity contribution < 1.29 is 4.79 Å². The number of benzene rings is 2. The van der Waals surface area contributed by atoms with Crippen LogP contribution < -0.4 is 4.90 Å². The summed E-state index contributed by atoms with van der Waals surface area (Å²) in [4.78, 5) is 21.3. The Morgan fingerprint density at radius 2 is 2.03 bits per heavy atom. The van der Waals surface area contributed by atoms with E-state index in [0.717, 1.165) is 41.9 Å². The van der Waals surface area contributed by atoms with Gasteiger partial charge in [0.05, 0.1) is 23.4 Å². The maximum absolute atomic E-state index is 12.5. The number of thiazole rings is 1. The minimum Gasteiger partial charge on any atom is -0.293 e. The van der Waals surface area contributed by atoms with Crippen molar-refractivity contribution in [3.8, 4) is 6.07 Å². The fraction of sp³-hybridized carbons (Fsp3) is 0.346. The van der Waals surface area contributed by atoms with Crippen molar-refractivity contribution in [1.29, 1.82) is 5.26 Å².